The Bertz CT molecular complexity index is 707. The molecule has 1 heterocycles. The highest BCUT2D eigenvalue weighted by Crippen LogP contribution is 2.24. The van der Waals surface area contributed by atoms with Crippen molar-refractivity contribution >= 4 is 6.08 Å². The second kappa shape index (κ2) is 7.92. The maximum absolute atomic E-state index is 9.87. The first kappa shape index (κ1) is 18.5. The van der Waals surface area contributed by atoms with E-state index in [0.29, 0.717) is 12.2 Å². The molecule has 1 unspecified atom stereocenters. The van der Waals surface area contributed by atoms with E-state index in [1.807, 2.05) is 12.2 Å². The molecule has 1 aromatic rings. The highest BCUT2D eigenvalue weighted by atomic mass is 16.7. The average molecular weight is 362 g/mol. The van der Waals surface area contributed by atoms with Crippen LogP contribution in [0.5, 0.6) is 5.75 Å². The summed E-state index contributed by atoms with van der Waals surface area (Å²) in [6.45, 7) is -0.118. The van der Waals surface area contributed by atoms with Gasteiger partial charge in [0.15, 0.2) is 0 Å². The molecule has 140 valence electrons. The first-order chi connectivity index (χ1) is 12.4. The van der Waals surface area contributed by atoms with Crippen LogP contribution in [0, 0.1) is 5.92 Å². The Morgan fingerprint density at radius 1 is 1.04 bits per heavy atom. The van der Waals surface area contributed by atoms with Crippen molar-refractivity contribution in [2.75, 3.05) is 6.61 Å². The van der Waals surface area contributed by atoms with Crippen LogP contribution in [-0.4, -0.2) is 56.7 Å². The number of rotatable bonds is 4. The van der Waals surface area contributed by atoms with Crippen LogP contribution in [0.1, 0.15) is 12.0 Å². The van der Waals surface area contributed by atoms with Crippen molar-refractivity contribution < 1.29 is 35.0 Å². The summed E-state index contributed by atoms with van der Waals surface area (Å²) in [7, 11) is 0. The zero-order chi connectivity index (χ0) is 18.7. The number of hydrogen-bond acceptors (Lipinski definition) is 7. The molecule has 1 aliphatic carbocycles. The second-order valence-corrected chi connectivity index (χ2v) is 6.39. The summed E-state index contributed by atoms with van der Waals surface area (Å²) in [6, 6.07) is 6.99. The quantitative estimate of drug-likeness (QED) is 0.549. The number of ether oxygens (including phenoxy) is 2. The van der Waals surface area contributed by atoms with E-state index < -0.39 is 24.6 Å². The normalized spacial score (nSPS) is 32.2. The number of aliphatic hydroxyl groups is 5. The standard InChI is InChI=1S/C19H22O7/c20-13-7-12(8-14(21)9-13)2-1-11-3-5-15(6-4-11)26-19-18(24)17(23)16(22)10-25-19/h1-7,9,12,16-24H,8,10H2/t12?,16-,17+,18-,19+/m1/s1. The van der Waals surface area contributed by atoms with Crippen LogP contribution in [0.2, 0.25) is 0 Å². The van der Waals surface area contributed by atoms with Gasteiger partial charge < -0.3 is 35.0 Å². The fraction of sp³-hybridized carbons (Fsp3) is 0.368. The summed E-state index contributed by atoms with van der Waals surface area (Å²) in [5.74, 6) is 0.549. The Morgan fingerprint density at radius 3 is 2.46 bits per heavy atom. The van der Waals surface area contributed by atoms with Crippen molar-refractivity contribution in [2.24, 2.45) is 5.92 Å². The number of hydrogen-bond donors (Lipinski definition) is 5. The van der Waals surface area contributed by atoms with Gasteiger partial charge in [-0.05, 0) is 23.8 Å². The lowest BCUT2D eigenvalue weighted by Gasteiger charge is -2.34. The Morgan fingerprint density at radius 2 is 1.77 bits per heavy atom. The second-order valence-electron chi connectivity index (χ2n) is 6.39. The largest absolute Gasteiger partial charge is 0.512 e. The SMILES string of the molecule is OC1=CC(C=Cc2ccc(O[C@@H]3OC[C@@H](O)[C@H](O)[C@H]3O)cc2)CC(O)=C1. The van der Waals surface area contributed by atoms with Gasteiger partial charge in [-0.2, -0.15) is 0 Å². The van der Waals surface area contributed by atoms with Crippen molar-refractivity contribution in [1.82, 2.24) is 0 Å². The third-order valence-electron chi connectivity index (χ3n) is 4.27. The summed E-state index contributed by atoms with van der Waals surface area (Å²) in [5, 5.41) is 48.0. The molecule has 1 aliphatic heterocycles. The zero-order valence-electron chi connectivity index (χ0n) is 14.0. The van der Waals surface area contributed by atoms with E-state index in [9.17, 15) is 25.5 Å². The Balaban J connectivity index is 1.59. The first-order valence-electron chi connectivity index (χ1n) is 8.33. The molecule has 7 nitrogen and oxygen atoms in total. The lowest BCUT2D eigenvalue weighted by molar-refractivity contribution is -0.242. The van der Waals surface area contributed by atoms with Gasteiger partial charge in [-0.3, -0.25) is 0 Å². The third kappa shape index (κ3) is 4.44. The van der Waals surface area contributed by atoms with Crippen molar-refractivity contribution in [3.63, 3.8) is 0 Å². The molecule has 7 heteroatoms. The number of allylic oxidation sites excluding steroid dienone is 4. The van der Waals surface area contributed by atoms with Crippen LogP contribution >= 0.6 is 0 Å². The topological polar surface area (TPSA) is 120 Å². The predicted octanol–water partition coefficient (Wildman–Crippen LogP) is 1.42. The summed E-state index contributed by atoms with van der Waals surface area (Å²) >= 11 is 0. The minimum Gasteiger partial charge on any atom is -0.512 e. The Hall–Kier alpha value is -2.32. The molecule has 1 saturated heterocycles. The Labute approximate surface area is 150 Å². The van der Waals surface area contributed by atoms with E-state index in [1.165, 1.54) is 6.08 Å². The molecule has 0 bridgehead atoms. The number of benzene rings is 1. The van der Waals surface area contributed by atoms with Gasteiger partial charge in [-0.25, -0.2) is 0 Å². The lowest BCUT2D eigenvalue weighted by Crippen LogP contribution is -2.54. The van der Waals surface area contributed by atoms with Crippen LogP contribution < -0.4 is 4.74 Å². The van der Waals surface area contributed by atoms with Crippen LogP contribution in [0.25, 0.3) is 6.08 Å². The first-order valence-corrected chi connectivity index (χ1v) is 8.33. The molecule has 1 fully saturated rings. The van der Waals surface area contributed by atoms with Crippen LogP contribution in [0.4, 0.5) is 0 Å². The minimum atomic E-state index is -1.34. The molecule has 3 rings (SSSR count). The van der Waals surface area contributed by atoms with E-state index in [-0.39, 0.29) is 24.0 Å². The zero-order valence-corrected chi connectivity index (χ0v) is 14.0. The molecule has 0 amide bonds. The van der Waals surface area contributed by atoms with E-state index in [4.69, 9.17) is 9.47 Å². The summed E-state index contributed by atoms with van der Waals surface area (Å²) in [5.41, 5.74) is 0.889. The maximum Gasteiger partial charge on any atom is 0.228 e. The van der Waals surface area contributed by atoms with E-state index in [2.05, 4.69) is 0 Å². The van der Waals surface area contributed by atoms with Gasteiger partial charge >= 0.3 is 0 Å². The highest BCUT2D eigenvalue weighted by Gasteiger charge is 2.38. The van der Waals surface area contributed by atoms with Gasteiger partial charge in [0, 0.05) is 18.4 Å². The molecule has 0 radical (unpaired) electrons. The fourth-order valence-corrected chi connectivity index (χ4v) is 2.83. The Kier molecular flexibility index (Phi) is 5.63. The lowest BCUT2D eigenvalue weighted by atomic mass is 9.97. The van der Waals surface area contributed by atoms with Crippen molar-refractivity contribution in [2.45, 2.75) is 31.0 Å². The van der Waals surface area contributed by atoms with Crippen LogP contribution in [0.3, 0.4) is 0 Å². The third-order valence-corrected chi connectivity index (χ3v) is 4.27. The van der Waals surface area contributed by atoms with Crippen LogP contribution in [0.15, 0.2) is 54.0 Å². The molecule has 5 N–H and O–H groups in total. The van der Waals surface area contributed by atoms with Crippen molar-refractivity contribution in [1.29, 1.82) is 0 Å². The van der Waals surface area contributed by atoms with Gasteiger partial charge in [0.25, 0.3) is 0 Å². The summed E-state index contributed by atoms with van der Waals surface area (Å²) in [6.07, 6.45) is 2.31. The van der Waals surface area contributed by atoms with Crippen LogP contribution in [-0.2, 0) is 4.74 Å². The maximum atomic E-state index is 9.87. The van der Waals surface area contributed by atoms with Crippen molar-refractivity contribution in [3.8, 4) is 5.75 Å². The van der Waals surface area contributed by atoms with Crippen molar-refractivity contribution in [3.05, 3.63) is 59.6 Å². The van der Waals surface area contributed by atoms with E-state index in [0.717, 1.165) is 5.56 Å². The molecule has 26 heavy (non-hydrogen) atoms. The minimum absolute atomic E-state index is 0.0468. The molecule has 5 atom stereocenters. The molecular formula is C19H22O7. The number of aliphatic hydroxyl groups excluding tert-OH is 5. The van der Waals surface area contributed by atoms with Gasteiger partial charge in [-0.15, -0.1) is 0 Å². The average Bonchev–Trinajstić information content (AvgIpc) is 2.61. The summed E-state index contributed by atoms with van der Waals surface area (Å²) < 4.78 is 10.7. The molecular weight excluding hydrogens is 340 g/mol. The van der Waals surface area contributed by atoms with Gasteiger partial charge in [0.05, 0.1) is 12.4 Å². The van der Waals surface area contributed by atoms with Gasteiger partial charge in [0.1, 0.15) is 29.8 Å². The van der Waals surface area contributed by atoms with Gasteiger partial charge in [0.2, 0.25) is 6.29 Å². The fourth-order valence-electron chi connectivity index (χ4n) is 2.83. The predicted molar refractivity (Wildman–Crippen MR) is 93.4 cm³/mol. The van der Waals surface area contributed by atoms with Gasteiger partial charge in [-0.1, -0.05) is 24.3 Å². The monoisotopic (exact) mass is 362 g/mol. The highest BCUT2D eigenvalue weighted by molar-refractivity contribution is 5.51. The summed E-state index contributed by atoms with van der Waals surface area (Å²) in [4.78, 5) is 0. The molecule has 2 aliphatic rings. The molecule has 0 saturated carbocycles. The molecule has 0 spiro atoms. The molecule has 1 aromatic carbocycles. The van der Waals surface area contributed by atoms with E-state index >= 15 is 0 Å². The van der Waals surface area contributed by atoms with E-state index in [1.54, 1.807) is 30.3 Å². The smallest absolute Gasteiger partial charge is 0.228 e. The molecule has 0 aromatic heterocycles.